The predicted molar refractivity (Wildman–Crippen MR) is 89.4 cm³/mol. The van der Waals surface area contributed by atoms with Gasteiger partial charge in [-0.2, -0.15) is 5.26 Å². The first kappa shape index (κ1) is 15.5. The van der Waals surface area contributed by atoms with E-state index in [1.807, 2.05) is 36.4 Å². The molecule has 5 heteroatoms. The SMILES string of the molecule is C[Si](C)(C)c1c(-c2ccccc2)ccc(B(O)O)c1C#N. The first-order valence-electron chi connectivity index (χ1n) is 6.85. The van der Waals surface area contributed by atoms with Crippen LogP contribution in [-0.2, 0) is 0 Å². The van der Waals surface area contributed by atoms with Gasteiger partial charge in [-0.15, -0.1) is 0 Å². The lowest BCUT2D eigenvalue weighted by Gasteiger charge is -2.24. The van der Waals surface area contributed by atoms with Crippen LogP contribution in [-0.4, -0.2) is 25.2 Å². The Labute approximate surface area is 126 Å². The molecule has 0 atom stereocenters. The normalized spacial score (nSPS) is 11.0. The summed E-state index contributed by atoms with van der Waals surface area (Å²) < 4.78 is 0. The monoisotopic (exact) mass is 295 g/mol. The zero-order chi connectivity index (χ0) is 15.6. The minimum absolute atomic E-state index is 0.287. The molecular formula is C16H18BNO2Si. The molecule has 0 bridgehead atoms. The molecular weight excluding hydrogens is 277 g/mol. The van der Waals surface area contributed by atoms with Gasteiger partial charge in [-0.05, 0) is 21.8 Å². The molecule has 0 radical (unpaired) electrons. The van der Waals surface area contributed by atoms with Gasteiger partial charge in [-0.1, -0.05) is 62.1 Å². The number of hydrogen-bond donors (Lipinski definition) is 2. The third-order valence-electron chi connectivity index (χ3n) is 3.46. The summed E-state index contributed by atoms with van der Waals surface area (Å²) in [7, 11) is -3.47. The van der Waals surface area contributed by atoms with Gasteiger partial charge in [-0.3, -0.25) is 0 Å². The minimum atomic E-state index is -1.85. The summed E-state index contributed by atoms with van der Waals surface area (Å²) in [6, 6.07) is 15.6. The lowest BCUT2D eigenvalue weighted by molar-refractivity contribution is 0.425. The van der Waals surface area contributed by atoms with Crippen LogP contribution in [0.5, 0.6) is 0 Å². The topological polar surface area (TPSA) is 64.2 Å². The Hall–Kier alpha value is -1.87. The van der Waals surface area contributed by atoms with Crippen molar-refractivity contribution in [2.24, 2.45) is 0 Å². The van der Waals surface area contributed by atoms with Gasteiger partial charge in [0.25, 0.3) is 0 Å². The molecule has 0 amide bonds. The summed E-state index contributed by atoms with van der Waals surface area (Å²) in [6.07, 6.45) is 0. The number of nitrogens with zero attached hydrogens (tertiary/aromatic N) is 1. The van der Waals surface area contributed by atoms with Crippen molar-refractivity contribution in [2.75, 3.05) is 0 Å². The van der Waals surface area contributed by atoms with Crippen LogP contribution in [0.4, 0.5) is 0 Å². The van der Waals surface area contributed by atoms with Gasteiger partial charge in [0, 0.05) is 0 Å². The van der Waals surface area contributed by atoms with Crippen LogP contribution in [0.3, 0.4) is 0 Å². The maximum atomic E-state index is 9.53. The summed E-state index contributed by atoms with van der Waals surface area (Å²) in [4.78, 5) is 0. The van der Waals surface area contributed by atoms with E-state index >= 15 is 0 Å². The smallest absolute Gasteiger partial charge is 0.423 e. The van der Waals surface area contributed by atoms with Crippen LogP contribution in [0.25, 0.3) is 11.1 Å². The summed E-state index contributed by atoms with van der Waals surface area (Å²) in [5.74, 6) is 0. The Kier molecular flexibility index (Phi) is 4.33. The van der Waals surface area contributed by atoms with Crippen LogP contribution >= 0.6 is 0 Å². The molecule has 0 unspecified atom stereocenters. The summed E-state index contributed by atoms with van der Waals surface area (Å²) >= 11 is 0. The fraction of sp³-hybridized carbons (Fsp3) is 0.188. The first-order valence-corrected chi connectivity index (χ1v) is 10.4. The van der Waals surface area contributed by atoms with Gasteiger partial charge in [0.2, 0.25) is 0 Å². The van der Waals surface area contributed by atoms with Crippen molar-refractivity contribution >= 4 is 25.8 Å². The highest BCUT2D eigenvalue weighted by atomic mass is 28.3. The van der Waals surface area contributed by atoms with Gasteiger partial charge in [-0.25, -0.2) is 0 Å². The maximum absolute atomic E-state index is 9.53. The Morgan fingerprint density at radius 2 is 1.62 bits per heavy atom. The van der Waals surface area contributed by atoms with Gasteiger partial charge in [0.1, 0.15) is 0 Å². The zero-order valence-corrected chi connectivity index (χ0v) is 13.5. The van der Waals surface area contributed by atoms with E-state index in [0.29, 0.717) is 5.56 Å². The highest BCUT2D eigenvalue weighted by molar-refractivity contribution is 6.90. The van der Waals surface area contributed by atoms with Crippen LogP contribution in [0.15, 0.2) is 42.5 Å². The van der Waals surface area contributed by atoms with Gasteiger partial charge >= 0.3 is 7.12 Å². The Morgan fingerprint density at radius 1 is 1.00 bits per heavy atom. The summed E-state index contributed by atoms with van der Waals surface area (Å²) in [5.41, 5.74) is 2.75. The Morgan fingerprint density at radius 3 is 2.10 bits per heavy atom. The average molecular weight is 295 g/mol. The number of hydrogen-bond acceptors (Lipinski definition) is 3. The fourth-order valence-corrected chi connectivity index (χ4v) is 4.58. The van der Waals surface area contributed by atoms with E-state index in [-0.39, 0.29) is 5.46 Å². The average Bonchev–Trinajstić information content (AvgIpc) is 2.45. The summed E-state index contributed by atoms with van der Waals surface area (Å²) in [5, 5.41) is 29.5. The summed E-state index contributed by atoms with van der Waals surface area (Å²) in [6.45, 7) is 6.47. The highest BCUT2D eigenvalue weighted by Crippen LogP contribution is 2.21. The maximum Gasteiger partial charge on any atom is 0.489 e. The Balaban J connectivity index is 2.82. The van der Waals surface area contributed by atoms with E-state index in [0.717, 1.165) is 16.3 Å². The molecule has 0 aliphatic heterocycles. The van der Waals surface area contributed by atoms with E-state index in [9.17, 15) is 15.3 Å². The van der Waals surface area contributed by atoms with Gasteiger partial charge in [0.05, 0.1) is 19.7 Å². The molecule has 0 saturated heterocycles. The van der Waals surface area contributed by atoms with Crippen molar-refractivity contribution in [2.45, 2.75) is 19.6 Å². The molecule has 2 N–H and O–H groups in total. The number of rotatable bonds is 3. The van der Waals surface area contributed by atoms with Crippen LogP contribution in [0, 0.1) is 11.3 Å². The molecule has 3 nitrogen and oxygen atoms in total. The van der Waals surface area contributed by atoms with Crippen molar-refractivity contribution < 1.29 is 10.0 Å². The molecule has 0 spiro atoms. The third-order valence-corrected chi connectivity index (χ3v) is 5.48. The largest absolute Gasteiger partial charge is 0.489 e. The standard InChI is InChI=1S/C16H18BNO2Si/c1-21(2,3)16-13(12-7-5-4-6-8-12)9-10-15(17(19)20)14(16)11-18/h4-10,19-20H,1-3H3. The Bertz CT molecular complexity index is 688. The third kappa shape index (κ3) is 3.08. The van der Waals surface area contributed by atoms with Crippen molar-refractivity contribution in [1.29, 1.82) is 5.26 Å². The van der Waals surface area contributed by atoms with E-state index in [1.54, 1.807) is 6.07 Å². The lowest BCUT2D eigenvalue weighted by Crippen LogP contribution is -2.47. The molecule has 2 rings (SSSR count). The molecule has 106 valence electrons. The highest BCUT2D eigenvalue weighted by Gasteiger charge is 2.29. The van der Waals surface area contributed by atoms with Crippen LogP contribution in [0.2, 0.25) is 19.6 Å². The van der Waals surface area contributed by atoms with Crippen molar-refractivity contribution in [3.63, 3.8) is 0 Å². The van der Waals surface area contributed by atoms with E-state index in [1.165, 1.54) is 0 Å². The predicted octanol–water partition coefficient (Wildman–Crippen LogP) is 1.45. The van der Waals surface area contributed by atoms with Crippen molar-refractivity contribution in [3.8, 4) is 17.2 Å². The molecule has 0 aliphatic rings. The molecule has 0 saturated carbocycles. The van der Waals surface area contributed by atoms with E-state index in [4.69, 9.17) is 0 Å². The second-order valence-electron chi connectivity index (χ2n) is 6.05. The molecule has 0 fully saturated rings. The number of nitriles is 1. The quantitative estimate of drug-likeness (QED) is 0.842. The molecule has 0 heterocycles. The van der Waals surface area contributed by atoms with Gasteiger partial charge in [0.15, 0.2) is 0 Å². The van der Waals surface area contributed by atoms with Crippen molar-refractivity contribution in [1.82, 2.24) is 0 Å². The van der Waals surface area contributed by atoms with Gasteiger partial charge < -0.3 is 10.0 Å². The zero-order valence-electron chi connectivity index (χ0n) is 12.5. The minimum Gasteiger partial charge on any atom is -0.423 e. The first-order chi connectivity index (χ1) is 9.86. The molecule has 2 aromatic rings. The second kappa shape index (κ2) is 5.86. The second-order valence-corrected chi connectivity index (χ2v) is 11.1. The lowest BCUT2D eigenvalue weighted by atomic mass is 9.76. The fourth-order valence-electron chi connectivity index (χ4n) is 2.59. The molecule has 0 aliphatic carbocycles. The molecule has 21 heavy (non-hydrogen) atoms. The molecule has 0 aromatic heterocycles. The van der Waals surface area contributed by atoms with E-state index < -0.39 is 15.2 Å². The van der Waals surface area contributed by atoms with Crippen LogP contribution in [0.1, 0.15) is 5.56 Å². The van der Waals surface area contributed by atoms with Crippen LogP contribution < -0.4 is 10.6 Å². The van der Waals surface area contributed by atoms with Crippen molar-refractivity contribution in [3.05, 3.63) is 48.0 Å². The molecule has 2 aromatic carbocycles. The van der Waals surface area contributed by atoms with E-state index in [2.05, 4.69) is 25.7 Å². The number of benzene rings is 2.